The molecule has 2 heterocycles. The minimum absolute atomic E-state index is 0.170. The zero-order chi connectivity index (χ0) is 26.5. The second-order valence-electron chi connectivity index (χ2n) is 10.8. The van der Waals surface area contributed by atoms with Crippen LogP contribution in [0, 0.1) is 18.3 Å². The molecule has 5 nitrogen and oxygen atoms in total. The van der Waals surface area contributed by atoms with E-state index < -0.39 is 5.91 Å². The molecule has 0 bridgehead atoms. The van der Waals surface area contributed by atoms with E-state index in [1.807, 2.05) is 55.5 Å². The van der Waals surface area contributed by atoms with E-state index in [2.05, 4.69) is 26.1 Å². The number of carbonyl (C=O) groups excluding carboxylic acids is 2. The molecule has 0 radical (unpaired) electrons. The zero-order valence-corrected chi connectivity index (χ0v) is 23.0. The summed E-state index contributed by atoms with van der Waals surface area (Å²) >= 11 is 7.59. The highest BCUT2D eigenvalue weighted by Gasteiger charge is 2.34. The van der Waals surface area contributed by atoms with Crippen LogP contribution in [0.2, 0.25) is 5.02 Å². The summed E-state index contributed by atoms with van der Waals surface area (Å²) in [6.45, 7) is 8.66. The molecule has 1 unspecified atom stereocenters. The number of aromatic nitrogens is 1. The van der Waals surface area contributed by atoms with Crippen LogP contribution >= 0.6 is 22.9 Å². The number of pyridine rings is 1. The molecule has 1 aliphatic carbocycles. The van der Waals surface area contributed by atoms with Crippen LogP contribution in [-0.2, 0) is 12.8 Å². The standard InChI is InChI=1S/C30H30ClN3O2S/c1-16-24(20-7-5-6-8-22(20)33-26(16)17-9-12-19(31)13-10-17)28(36)34-29-25(27(32)35)21-14-11-18(30(2,3)4)15-23(21)37-29/h5-10,12-13,18H,11,14-15H2,1-4H3,(H2,32,35)(H,34,36). The molecule has 0 saturated carbocycles. The summed E-state index contributed by atoms with van der Waals surface area (Å²) in [5, 5.41) is 4.99. The van der Waals surface area contributed by atoms with Crippen LogP contribution in [0.4, 0.5) is 5.00 Å². The van der Waals surface area contributed by atoms with Crippen molar-refractivity contribution in [2.24, 2.45) is 17.1 Å². The van der Waals surface area contributed by atoms with Gasteiger partial charge in [-0.2, -0.15) is 0 Å². The largest absolute Gasteiger partial charge is 0.365 e. The van der Waals surface area contributed by atoms with Gasteiger partial charge in [0.2, 0.25) is 0 Å². The highest BCUT2D eigenvalue weighted by atomic mass is 35.5. The first-order valence-corrected chi connectivity index (χ1v) is 13.6. The summed E-state index contributed by atoms with van der Waals surface area (Å²) in [7, 11) is 0. The van der Waals surface area contributed by atoms with E-state index in [1.165, 1.54) is 11.3 Å². The number of rotatable bonds is 4. The van der Waals surface area contributed by atoms with Gasteiger partial charge < -0.3 is 11.1 Å². The molecule has 4 aromatic rings. The number of fused-ring (bicyclic) bond motifs is 2. The Morgan fingerprint density at radius 2 is 1.78 bits per heavy atom. The number of nitrogens with one attached hydrogen (secondary N) is 1. The van der Waals surface area contributed by atoms with Gasteiger partial charge in [-0.1, -0.05) is 62.7 Å². The maximum absolute atomic E-state index is 13.9. The lowest BCUT2D eigenvalue weighted by atomic mass is 9.72. The Kier molecular flexibility index (Phi) is 6.59. The second-order valence-corrected chi connectivity index (χ2v) is 12.4. The summed E-state index contributed by atoms with van der Waals surface area (Å²) < 4.78 is 0. The first-order valence-electron chi connectivity index (χ1n) is 12.5. The number of nitrogens with zero attached hydrogens (tertiary/aromatic N) is 1. The van der Waals surface area contributed by atoms with E-state index in [-0.39, 0.29) is 11.3 Å². The van der Waals surface area contributed by atoms with Crippen LogP contribution in [0.3, 0.4) is 0 Å². The van der Waals surface area contributed by atoms with Crippen LogP contribution in [0.1, 0.15) is 63.9 Å². The van der Waals surface area contributed by atoms with Gasteiger partial charge in [-0.05, 0) is 66.8 Å². The maximum atomic E-state index is 13.9. The monoisotopic (exact) mass is 531 g/mol. The summed E-state index contributed by atoms with van der Waals surface area (Å²) in [5.41, 5.74) is 11.1. The number of halogens is 1. The number of carbonyl (C=O) groups is 2. The second kappa shape index (κ2) is 9.58. The Hall–Kier alpha value is -3.22. The van der Waals surface area contributed by atoms with Crippen LogP contribution in [0.25, 0.3) is 22.2 Å². The van der Waals surface area contributed by atoms with Crippen molar-refractivity contribution in [1.82, 2.24) is 4.98 Å². The molecule has 1 atom stereocenters. The molecule has 190 valence electrons. The van der Waals surface area contributed by atoms with Gasteiger partial charge in [-0.3, -0.25) is 9.59 Å². The fourth-order valence-corrected chi connectivity index (χ4v) is 6.78. The van der Waals surface area contributed by atoms with Crippen molar-refractivity contribution >= 4 is 50.7 Å². The normalized spacial score (nSPS) is 15.4. The van der Waals surface area contributed by atoms with Gasteiger partial charge in [0.1, 0.15) is 5.00 Å². The smallest absolute Gasteiger partial charge is 0.257 e. The molecule has 2 aromatic carbocycles. The minimum Gasteiger partial charge on any atom is -0.365 e. The van der Waals surface area contributed by atoms with Crippen molar-refractivity contribution in [3.05, 3.63) is 80.7 Å². The third-order valence-electron chi connectivity index (χ3n) is 7.44. The van der Waals surface area contributed by atoms with E-state index in [1.54, 1.807) is 0 Å². The quantitative estimate of drug-likeness (QED) is 0.287. The first-order chi connectivity index (χ1) is 17.5. The lowest BCUT2D eigenvalue weighted by Crippen LogP contribution is -2.27. The zero-order valence-electron chi connectivity index (χ0n) is 21.4. The van der Waals surface area contributed by atoms with E-state index in [4.69, 9.17) is 22.3 Å². The molecular formula is C30H30ClN3O2S. The number of benzene rings is 2. The number of hydrogen-bond acceptors (Lipinski definition) is 4. The molecule has 2 aromatic heterocycles. The summed E-state index contributed by atoms with van der Waals surface area (Å²) in [6, 6.07) is 15.0. The van der Waals surface area contributed by atoms with Gasteiger partial charge in [0.15, 0.2) is 0 Å². The molecule has 2 amide bonds. The van der Waals surface area contributed by atoms with Gasteiger partial charge in [-0.25, -0.2) is 4.98 Å². The molecule has 0 saturated heterocycles. The number of amides is 2. The summed E-state index contributed by atoms with van der Waals surface area (Å²) in [6.07, 6.45) is 2.68. The molecule has 1 aliphatic rings. The van der Waals surface area contributed by atoms with Crippen molar-refractivity contribution in [3.63, 3.8) is 0 Å². The van der Waals surface area contributed by atoms with Gasteiger partial charge in [0.25, 0.3) is 11.8 Å². The molecule has 5 rings (SSSR count). The first kappa shape index (κ1) is 25.4. The van der Waals surface area contributed by atoms with Crippen molar-refractivity contribution in [3.8, 4) is 11.3 Å². The third kappa shape index (κ3) is 4.76. The Balaban J connectivity index is 1.59. The summed E-state index contributed by atoms with van der Waals surface area (Å²) in [5.74, 6) is -0.267. The van der Waals surface area contributed by atoms with Crippen molar-refractivity contribution in [2.45, 2.75) is 47.0 Å². The molecule has 37 heavy (non-hydrogen) atoms. The fourth-order valence-electron chi connectivity index (χ4n) is 5.33. The SMILES string of the molecule is Cc1c(-c2ccc(Cl)cc2)nc2ccccc2c1C(=O)Nc1sc2c(c1C(N)=O)CCC(C(C)(C)C)C2. The maximum Gasteiger partial charge on any atom is 0.257 e. The molecule has 3 N–H and O–H groups in total. The summed E-state index contributed by atoms with van der Waals surface area (Å²) in [4.78, 5) is 32.5. The molecule has 0 fully saturated rings. The van der Waals surface area contributed by atoms with E-state index >= 15 is 0 Å². The van der Waals surface area contributed by atoms with Crippen LogP contribution in [0.5, 0.6) is 0 Å². The van der Waals surface area contributed by atoms with Gasteiger partial charge in [-0.15, -0.1) is 11.3 Å². The van der Waals surface area contributed by atoms with E-state index in [0.29, 0.717) is 32.8 Å². The highest BCUT2D eigenvalue weighted by molar-refractivity contribution is 7.17. The molecule has 0 aliphatic heterocycles. The number of para-hydroxylation sites is 1. The fraction of sp³-hybridized carbons (Fsp3) is 0.300. The van der Waals surface area contributed by atoms with E-state index in [0.717, 1.165) is 51.7 Å². The molecule has 0 spiro atoms. The predicted molar refractivity (Wildman–Crippen MR) is 153 cm³/mol. The van der Waals surface area contributed by atoms with Crippen molar-refractivity contribution in [2.75, 3.05) is 5.32 Å². The Morgan fingerprint density at radius 1 is 1.08 bits per heavy atom. The minimum atomic E-state index is -0.500. The third-order valence-corrected chi connectivity index (χ3v) is 8.87. The predicted octanol–water partition coefficient (Wildman–Crippen LogP) is 7.43. The average Bonchev–Trinajstić information content (AvgIpc) is 3.21. The van der Waals surface area contributed by atoms with Crippen LogP contribution in [0.15, 0.2) is 48.5 Å². The topological polar surface area (TPSA) is 85.1 Å². The van der Waals surface area contributed by atoms with Crippen molar-refractivity contribution in [1.29, 1.82) is 0 Å². The number of hydrogen-bond donors (Lipinski definition) is 2. The highest BCUT2D eigenvalue weighted by Crippen LogP contribution is 2.44. The number of primary amides is 1. The Morgan fingerprint density at radius 3 is 2.46 bits per heavy atom. The number of anilines is 1. The lowest BCUT2D eigenvalue weighted by molar-refractivity contribution is 0.1000. The Bertz CT molecular complexity index is 1530. The van der Waals surface area contributed by atoms with Gasteiger partial charge >= 0.3 is 0 Å². The average molecular weight is 532 g/mol. The Labute approximate surface area is 226 Å². The van der Waals surface area contributed by atoms with E-state index in [9.17, 15) is 9.59 Å². The van der Waals surface area contributed by atoms with Crippen LogP contribution < -0.4 is 11.1 Å². The van der Waals surface area contributed by atoms with Crippen molar-refractivity contribution < 1.29 is 9.59 Å². The number of nitrogens with two attached hydrogens (primary N) is 1. The molecule has 7 heteroatoms. The van der Waals surface area contributed by atoms with Gasteiger partial charge in [0.05, 0.1) is 22.3 Å². The van der Waals surface area contributed by atoms with Gasteiger partial charge in [0, 0.05) is 20.8 Å². The number of thiophene rings is 1. The molecular weight excluding hydrogens is 502 g/mol. The van der Waals surface area contributed by atoms with Crippen LogP contribution in [-0.4, -0.2) is 16.8 Å². The lowest BCUT2D eigenvalue weighted by Gasteiger charge is -2.33.